The summed E-state index contributed by atoms with van der Waals surface area (Å²) in [6.07, 6.45) is 0.315. The van der Waals surface area contributed by atoms with Gasteiger partial charge in [0.05, 0.1) is 17.5 Å². The second-order valence-electron chi connectivity index (χ2n) is 5.12. The van der Waals surface area contributed by atoms with Gasteiger partial charge in [-0.15, -0.1) is 0 Å². The molecule has 2 fully saturated rings. The Kier molecular flexibility index (Phi) is 4.92. The van der Waals surface area contributed by atoms with Crippen LogP contribution < -0.4 is 0 Å². The fraction of sp³-hybridized carbons (Fsp3) is 0.750. The van der Waals surface area contributed by atoms with E-state index in [9.17, 15) is 18.0 Å². The summed E-state index contributed by atoms with van der Waals surface area (Å²) in [5.41, 5.74) is 0. The van der Waals surface area contributed by atoms with Gasteiger partial charge in [-0.25, -0.2) is 8.42 Å². The number of hydrogen-bond donors (Lipinski definition) is 1. The highest BCUT2D eigenvalue weighted by Crippen LogP contribution is 2.37. The van der Waals surface area contributed by atoms with Crippen LogP contribution in [0.1, 0.15) is 26.2 Å². The number of rotatable bonds is 5. The molecule has 118 valence electrons. The van der Waals surface area contributed by atoms with Crippen LogP contribution in [0.25, 0.3) is 0 Å². The first-order chi connectivity index (χ1) is 9.82. The van der Waals surface area contributed by atoms with Crippen molar-refractivity contribution in [1.29, 1.82) is 0 Å². The minimum atomic E-state index is -2.99. The lowest BCUT2D eigenvalue weighted by Gasteiger charge is -2.22. The molecule has 0 aromatic rings. The molecule has 7 nitrogen and oxygen atoms in total. The van der Waals surface area contributed by atoms with E-state index in [-0.39, 0.29) is 48.0 Å². The lowest BCUT2D eigenvalue weighted by atomic mass is 10.2. The van der Waals surface area contributed by atoms with Crippen molar-refractivity contribution in [2.45, 2.75) is 37.5 Å². The van der Waals surface area contributed by atoms with Crippen molar-refractivity contribution in [2.24, 2.45) is 4.99 Å². The monoisotopic (exact) mass is 334 g/mol. The average molecular weight is 334 g/mol. The number of hydrogen-bond acceptors (Lipinski definition) is 5. The molecule has 2 heterocycles. The first-order valence-corrected chi connectivity index (χ1v) is 9.49. The van der Waals surface area contributed by atoms with Gasteiger partial charge in [-0.1, -0.05) is 11.8 Å². The maximum Gasteiger partial charge on any atom is 0.303 e. The largest absolute Gasteiger partial charge is 0.481 e. The standard InChI is InChI=1S/C12H18N2O5S2/c1-2-14-8-6-21(18,19)7-9(8)20-12(14)13-10(15)4-3-5-11(16)17/h8-9H,2-7H2,1H3,(H,16,17)/t8-,9-/m1/s1. The fourth-order valence-electron chi connectivity index (χ4n) is 2.56. The summed E-state index contributed by atoms with van der Waals surface area (Å²) in [6, 6.07) is -0.101. The molecule has 9 heteroatoms. The predicted octanol–water partition coefficient (Wildman–Crippen LogP) is 0.358. The lowest BCUT2D eigenvalue weighted by Crippen LogP contribution is -2.37. The molecular formula is C12H18N2O5S2. The molecule has 0 aromatic carbocycles. The first-order valence-electron chi connectivity index (χ1n) is 6.79. The van der Waals surface area contributed by atoms with E-state index < -0.39 is 15.8 Å². The number of sulfone groups is 1. The molecule has 0 saturated carbocycles. The van der Waals surface area contributed by atoms with Gasteiger partial charge in [0.2, 0.25) is 5.91 Å². The van der Waals surface area contributed by atoms with Gasteiger partial charge in [0.25, 0.3) is 0 Å². The zero-order valence-electron chi connectivity index (χ0n) is 11.7. The van der Waals surface area contributed by atoms with E-state index in [2.05, 4.69) is 4.99 Å². The maximum absolute atomic E-state index is 11.8. The van der Waals surface area contributed by atoms with Crippen LogP contribution in [0.5, 0.6) is 0 Å². The number of amidine groups is 1. The lowest BCUT2D eigenvalue weighted by molar-refractivity contribution is -0.137. The Labute approximate surface area is 127 Å². The molecular weight excluding hydrogens is 316 g/mol. The van der Waals surface area contributed by atoms with E-state index in [1.807, 2.05) is 11.8 Å². The van der Waals surface area contributed by atoms with E-state index in [0.717, 1.165) is 0 Å². The molecule has 0 unspecified atom stereocenters. The second kappa shape index (κ2) is 6.35. The van der Waals surface area contributed by atoms with Gasteiger partial charge >= 0.3 is 5.97 Å². The van der Waals surface area contributed by atoms with Gasteiger partial charge in [0.1, 0.15) is 0 Å². The fourth-order valence-corrected chi connectivity index (χ4v) is 6.59. The Morgan fingerprint density at radius 2 is 2.10 bits per heavy atom. The van der Waals surface area contributed by atoms with Gasteiger partial charge in [0, 0.05) is 24.6 Å². The summed E-state index contributed by atoms with van der Waals surface area (Å²) in [4.78, 5) is 28.1. The van der Waals surface area contributed by atoms with Crippen molar-refractivity contribution in [2.75, 3.05) is 18.1 Å². The van der Waals surface area contributed by atoms with E-state index >= 15 is 0 Å². The summed E-state index contributed by atoms with van der Waals surface area (Å²) in [7, 11) is -2.99. The quantitative estimate of drug-likeness (QED) is 0.774. The second-order valence-corrected chi connectivity index (χ2v) is 8.48. The van der Waals surface area contributed by atoms with Crippen molar-refractivity contribution in [3.8, 4) is 0 Å². The summed E-state index contributed by atoms with van der Waals surface area (Å²) >= 11 is 1.34. The van der Waals surface area contributed by atoms with Crippen molar-refractivity contribution < 1.29 is 23.1 Å². The Bertz CT molecular complexity index is 572. The number of aliphatic carboxylic acids is 1. The summed E-state index contributed by atoms with van der Waals surface area (Å²) in [6.45, 7) is 2.50. The topological polar surface area (TPSA) is 104 Å². The summed E-state index contributed by atoms with van der Waals surface area (Å²) < 4.78 is 23.3. The number of thioether (sulfide) groups is 1. The molecule has 0 aromatic heterocycles. The van der Waals surface area contributed by atoms with Crippen molar-refractivity contribution in [3.05, 3.63) is 0 Å². The van der Waals surface area contributed by atoms with Gasteiger partial charge in [-0.3, -0.25) is 9.59 Å². The summed E-state index contributed by atoms with van der Waals surface area (Å²) in [5, 5.41) is 9.05. The highest BCUT2D eigenvalue weighted by molar-refractivity contribution is 8.15. The molecule has 2 rings (SSSR count). The zero-order chi connectivity index (χ0) is 15.6. The molecule has 1 amide bonds. The molecule has 21 heavy (non-hydrogen) atoms. The van der Waals surface area contributed by atoms with Crippen LogP contribution in [0.15, 0.2) is 4.99 Å². The predicted molar refractivity (Wildman–Crippen MR) is 80.1 cm³/mol. The molecule has 2 atom stereocenters. The number of fused-ring (bicyclic) bond motifs is 1. The number of amides is 1. The smallest absolute Gasteiger partial charge is 0.303 e. The average Bonchev–Trinajstić information content (AvgIpc) is 2.79. The Morgan fingerprint density at radius 3 is 2.71 bits per heavy atom. The number of carbonyl (C=O) groups excluding carboxylic acids is 1. The highest BCUT2D eigenvalue weighted by atomic mass is 32.2. The van der Waals surface area contributed by atoms with Crippen LogP contribution in [0.3, 0.4) is 0 Å². The van der Waals surface area contributed by atoms with Gasteiger partial charge < -0.3 is 10.0 Å². The maximum atomic E-state index is 11.8. The minimum Gasteiger partial charge on any atom is -0.481 e. The number of carbonyl (C=O) groups is 2. The number of carboxylic acid groups (broad SMARTS) is 1. The van der Waals surface area contributed by atoms with E-state index in [1.165, 1.54) is 11.8 Å². The number of nitrogens with zero attached hydrogens (tertiary/aromatic N) is 2. The molecule has 2 aliphatic rings. The van der Waals surface area contributed by atoms with Gasteiger partial charge in [-0.2, -0.15) is 4.99 Å². The molecule has 1 N–H and O–H groups in total. The van der Waals surface area contributed by atoms with Crippen LogP contribution >= 0.6 is 11.8 Å². The Morgan fingerprint density at radius 1 is 1.38 bits per heavy atom. The van der Waals surface area contributed by atoms with Crippen LogP contribution in [-0.2, 0) is 19.4 Å². The molecule has 0 spiro atoms. The Balaban J connectivity index is 1.99. The molecule has 2 saturated heterocycles. The van der Waals surface area contributed by atoms with Crippen molar-refractivity contribution in [1.82, 2.24) is 4.90 Å². The normalized spacial score (nSPS) is 28.8. The zero-order valence-corrected chi connectivity index (χ0v) is 13.3. The third kappa shape index (κ3) is 3.97. The molecule has 0 radical (unpaired) electrons. The van der Waals surface area contributed by atoms with Crippen molar-refractivity contribution in [3.63, 3.8) is 0 Å². The van der Waals surface area contributed by atoms with Gasteiger partial charge in [0.15, 0.2) is 15.0 Å². The number of carboxylic acids is 1. The minimum absolute atomic E-state index is 0.0509. The third-order valence-corrected chi connectivity index (χ3v) is 6.76. The van der Waals surface area contributed by atoms with Crippen LogP contribution in [0.4, 0.5) is 0 Å². The SMILES string of the molecule is CCN1C(=NC(=O)CCCC(=O)O)S[C@@H]2CS(=O)(=O)C[C@H]21. The van der Waals surface area contributed by atoms with Gasteiger partial charge in [-0.05, 0) is 13.3 Å². The van der Waals surface area contributed by atoms with E-state index in [4.69, 9.17) is 5.11 Å². The van der Waals surface area contributed by atoms with Crippen LogP contribution in [0, 0.1) is 0 Å². The highest BCUT2D eigenvalue weighted by Gasteiger charge is 2.48. The van der Waals surface area contributed by atoms with E-state index in [1.54, 1.807) is 0 Å². The van der Waals surface area contributed by atoms with E-state index in [0.29, 0.717) is 11.7 Å². The Hall–Kier alpha value is -1.09. The van der Waals surface area contributed by atoms with Crippen molar-refractivity contribution >= 4 is 38.6 Å². The third-order valence-electron chi connectivity index (χ3n) is 3.52. The van der Waals surface area contributed by atoms with Crippen LogP contribution in [-0.4, -0.2) is 64.8 Å². The number of aliphatic imine (C=N–C) groups is 1. The van der Waals surface area contributed by atoms with Crippen LogP contribution in [0.2, 0.25) is 0 Å². The molecule has 2 aliphatic heterocycles. The first kappa shape index (κ1) is 16.3. The summed E-state index contributed by atoms with van der Waals surface area (Å²) in [5.74, 6) is -1.03. The molecule has 0 bridgehead atoms. The molecule has 0 aliphatic carbocycles.